The molecule has 0 spiro atoms. The maximum Gasteiger partial charge on any atom is 0.102 e. The first-order valence-corrected chi connectivity index (χ1v) is 8.37. The van der Waals surface area contributed by atoms with Crippen molar-refractivity contribution in [3.63, 3.8) is 0 Å². The van der Waals surface area contributed by atoms with Crippen molar-refractivity contribution in [3.05, 3.63) is 39.3 Å². The van der Waals surface area contributed by atoms with Gasteiger partial charge in [0.15, 0.2) is 0 Å². The van der Waals surface area contributed by atoms with E-state index in [1.165, 1.54) is 16.1 Å². The molecular weight excluding hydrogens is 266 g/mol. The van der Waals surface area contributed by atoms with Crippen LogP contribution in [0.2, 0.25) is 0 Å². The van der Waals surface area contributed by atoms with E-state index < -0.39 is 0 Å². The van der Waals surface area contributed by atoms with Crippen molar-refractivity contribution >= 4 is 11.3 Å². The van der Waals surface area contributed by atoms with E-state index in [0.29, 0.717) is 0 Å². The van der Waals surface area contributed by atoms with Gasteiger partial charge in [-0.25, -0.2) is 0 Å². The second kappa shape index (κ2) is 6.55. The monoisotopic (exact) mass is 291 g/mol. The predicted molar refractivity (Wildman–Crippen MR) is 86.4 cm³/mol. The molecule has 0 fully saturated rings. The van der Waals surface area contributed by atoms with Crippen molar-refractivity contribution in [1.82, 2.24) is 9.78 Å². The highest BCUT2D eigenvalue weighted by Crippen LogP contribution is 2.31. The smallest absolute Gasteiger partial charge is 0.102 e. The third-order valence-electron chi connectivity index (χ3n) is 3.90. The number of aromatic nitrogens is 2. The topological polar surface area (TPSA) is 43.8 Å². The summed E-state index contributed by atoms with van der Waals surface area (Å²) in [5, 5.41) is 6.96. The van der Waals surface area contributed by atoms with Crippen LogP contribution in [0, 0.1) is 6.92 Å². The molecule has 2 rings (SSSR count). The fourth-order valence-electron chi connectivity index (χ4n) is 2.57. The van der Waals surface area contributed by atoms with Crippen LogP contribution >= 0.6 is 11.3 Å². The summed E-state index contributed by atoms with van der Waals surface area (Å²) in [7, 11) is 0. The van der Waals surface area contributed by atoms with Crippen LogP contribution in [0.3, 0.4) is 0 Å². The van der Waals surface area contributed by atoms with E-state index in [4.69, 9.17) is 10.8 Å². The standard InChI is InChI=1S/C16H25N3S/c1-5-12-10-13(6-2)19(18-12)15(14(17)7-3)16-11(4)8-9-20-16/h8-10,14-15H,5-7,17H2,1-4H3. The second-order valence-corrected chi connectivity index (χ2v) is 6.21. The highest BCUT2D eigenvalue weighted by atomic mass is 32.1. The van der Waals surface area contributed by atoms with Crippen molar-refractivity contribution in [1.29, 1.82) is 0 Å². The van der Waals surface area contributed by atoms with Crippen LogP contribution in [0.15, 0.2) is 17.5 Å². The maximum absolute atomic E-state index is 6.43. The van der Waals surface area contributed by atoms with Crippen molar-refractivity contribution in [2.24, 2.45) is 5.73 Å². The summed E-state index contributed by atoms with van der Waals surface area (Å²) < 4.78 is 2.17. The van der Waals surface area contributed by atoms with Crippen LogP contribution in [-0.4, -0.2) is 15.8 Å². The molecule has 0 saturated carbocycles. The molecule has 0 aliphatic heterocycles. The van der Waals surface area contributed by atoms with Crippen LogP contribution < -0.4 is 5.73 Å². The van der Waals surface area contributed by atoms with Crippen molar-refractivity contribution < 1.29 is 0 Å². The lowest BCUT2D eigenvalue weighted by Gasteiger charge is -2.25. The van der Waals surface area contributed by atoms with Gasteiger partial charge in [-0.15, -0.1) is 11.3 Å². The largest absolute Gasteiger partial charge is 0.326 e. The summed E-state index contributed by atoms with van der Waals surface area (Å²) in [4.78, 5) is 1.35. The zero-order chi connectivity index (χ0) is 14.7. The average molecular weight is 291 g/mol. The molecule has 0 bridgehead atoms. The average Bonchev–Trinajstić information content (AvgIpc) is 3.06. The Balaban J connectivity index is 2.52. The number of thiophene rings is 1. The molecule has 2 aromatic rings. The van der Waals surface area contributed by atoms with E-state index in [0.717, 1.165) is 25.0 Å². The maximum atomic E-state index is 6.43. The van der Waals surface area contributed by atoms with E-state index in [1.807, 2.05) is 0 Å². The van der Waals surface area contributed by atoms with Gasteiger partial charge < -0.3 is 5.73 Å². The highest BCUT2D eigenvalue weighted by Gasteiger charge is 2.26. The van der Waals surface area contributed by atoms with Gasteiger partial charge in [0, 0.05) is 16.6 Å². The first-order chi connectivity index (χ1) is 9.62. The summed E-state index contributed by atoms with van der Waals surface area (Å²) in [6.07, 6.45) is 2.91. The Bertz CT molecular complexity index is 556. The zero-order valence-electron chi connectivity index (χ0n) is 12.9. The molecule has 2 heterocycles. The van der Waals surface area contributed by atoms with Crippen molar-refractivity contribution in [2.75, 3.05) is 0 Å². The molecule has 3 nitrogen and oxygen atoms in total. The molecule has 0 saturated heterocycles. The number of aryl methyl sites for hydroxylation is 3. The third-order valence-corrected chi connectivity index (χ3v) is 4.99. The lowest BCUT2D eigenvalue weighted by atomic mass is 10.0. The van der Waals surface area contributed by atoms with E-state index in [1.54, 1.807) is 11.3 Å². The van der Waals surface area contributed by atoms with Gasteiger partial charge in [-0.05, 0) is 49.3 Å². The van der Waals surface area contributed by atoms with Gasteiger partial charge in [0.25, 0.3) is 0 Å². The minimum Gasteiger partial charge on any atom is -0.326 e. The van der Waals surface area contributed by atoms with E-state index in [-0.39, 0.29) is 12.1 Å². The van der Waals surface area contributed by atoms with Crippen LogP contribution in [0.5, 0.6) is 0 Å². The molecule has 2 N–H and O–H groups in total. The molecule has 2 unspecified atom stereocenters. The second-order valence-electron chi connectivity index (χ2n) is 5.26. The number of nitrogens with two attached hydrogens (primary N) is 1. The van der Waals surface area contributed by atoms with E-state index in [9.17, 15) is 0 Å². The molecule has 2 aromatic heterocycles. The number of rotatable bonds is 6. The molecule has 20 heavy (non-hydrogen) atoms. The third kappa shape index (κ3) is 2.81. The van der Waals surface area contributed by atoms with Gasteiger partial charge in [0.1, 0.15) is 6.04 Å². The van der Waals surface area contributed by atoms with Gasteiger partial charge in [0.2, 0.25) is 0 Å². The summed E-state index contributed by atoms with van der Waals surface area (Å²) in [6.45, 7) is 8.65. The summed E-state index contributed by atoms with van der Waals surface area (Å²) in [5.41, 5.74) is 10.2. The first-order valence-electron chi connectivity index (χ1n) is 7.49. The van der Waals surface area contributed by atoms with Crippen LogP contribution in [0.1, 0.15) is 55.1 Å². The normalized spacial score (nSPS) is 14.4. The first kappa shape index (κ1) is 15.3. The number of nitrogens with zero attached hydrogens (tertiary/aromatic N) is 2. The molecular formula is C16H25N3S. The predicted octanol–water partition coefficient (Wildman–Crippen LogP) is 3.70. The van der Waals surface area contributed by atoms with Crippen LogP contribution in [-0.2, 0) is 12.8 Å². The molecule has 0 radical (unpaired) electrons. The van der Waals surface area contributed by atoms with Gasteiger partial charge in [-0.3, -0.25) is 4.68 Å². The summed E-state index contributed by atoms with van der Waals surface area (Å²) in [6, 6.07) is 4.65. The van der Waals surface area contributed by atoms with Gasteiger partial charge in [-0.1, -0.05) is 20.8 Å². The quantitative estimate of drug-likeness (QED) is 0.882. The Labute approximate surface area is 125 Å². The number of hydrogen-bond donors (Lipinski definition) is 1. The summed E-state index contributed by atoms with van der Waals surface area (Å²) in [5.74, 6) is 0. The van der Waals surface area contributed by atoms with Crippen LogP contribution in [0.25, 0.3) is 0 Å². The fraction of sp³-hybridized carbons (Fsp3) is 0.562. The SMILES string of the molecule is CCc1cc(CC)n(C(c2sccc2C)C(N)CC)n1. The van der Waals surface area contributed by atoms with Crippen LogP contribution in [0.4, 0.5) is 0 Å². The fourth-order valence-corrected chi connectivity index (χ4v) is 3.65. The Morgan fingerprint density at radius 2 is 2.05 bits per heavy atom. The molecule has 4 heteroatoms. The van der Waals surface area contributed by atoms with Crippen molar-refractivity contribution in [3.8, 4) is 0 Å². The lowest BCUT2D eigenvalue weighted by molar-refractivity contribution is 0.415. The minimum absolute atomic E-state index is 0.0993. The highest BCUT2D eigenvalue weighted by molar-refractivity contribution is 7.10. The molecule has 2 atom stereocenters. The molecule has 0 aromatic carbocycles. The molecule has 0 aliphatic rings. The van der Waals surface area contributed by atoms with E-state index in [2.05, 4.69) is 49.9 Å². The molecule has 0 aliphatic carbocycles. The van der Waals surface area contributed by atoms with Gasteiger partial charge in [-0.2, -0.15) is 5.10 Å². The summed E-state index contributed by atoms with van der Waals surface area (Å²) >= 11 is 1.79. The van der Waals surface area contributed by atoms with Gasteiger partial charge >= 0.3 is 0 Å². The van der Waals surface area contributed by atoms with E-state index >= 15 is 0 Å². The minimum atomic E-state index is 0.0993. The Morgan fingerprint density at radius 1 is 1.30 bits per heavy atom. The van der Waals surface area contributed by atoms with Gasteiger partial charge in [0.05, 0.1) is 5.69 Å². The van der Waals surface area contributed by atoms with Crippen molar-refractivity contribution in [2.45, 2.75) is 59.0 Å². The molecule has 0 amide bonds. The lowest BCUT2D eigenvalue weighted by Crippen LogP contribution is -2.34. The Hall–Kier alpha value is -1.13. The Morgan fingerprint density at radius 3 is 2.55 bits per heavy atom. The Kier molecular flexibility index (Phi) is 5.00. The number of hydrogen-bond acceptors (Lipinski definition) is 3. The zero-order valence-corrected chi connectivity index (χ0v) is 13.7. The molecule has 110 valence electrons.